The maximum Gasteiger partial charge on any atom is 0.109 e. The molecule has 2 nitrogen and oxygen atoms in total. The summed E-state index contributed by atoms with van der Waals surface area (Å²) in [5, 5.41) is 0. The second-order valence-corrected chi connectivity index (χ2v) is 9.89. The monoisotopic (exact) mass is 406 g/mol. The van der Waals surface area contributed by atoms with Gasteiger partial charge in [0.25, 0.3) is 0 Å². The Balaban J connectivity index is 2.23. The van der Waals surface area contributed by atoms with Crippen LogP contribution in [0.4, 0.5) is 5.69 Å². The molecule has 3 rings (SSSR count). The maximum absolute atomic E-state index is 2.79. The van der Waals surface area contributed by atoms with E-state index in [1.165, 1.54) is 44.9 Å². The molecule has 2 heteroatoms. The minimum atomic E-state index is 0.345. The smallest absolute Gasteiger partial charge is 0.109 e. The molecule has 1 aliphatic heterocycles. The van der Waals surface area contributed by atoms with Crippen molar-refractivity contribution < 1.29 is 0 Å². The molecule has 3 unspecified atom stereocenters. The van der Waals surface area contributed by atoms with Crippen molar-refractivity contribution in [3.05, 3.63) is 63.5 Å². The van der Waals surface area contributed by atoms with Crippen LogP contribution in [0.1, 0.15) is 78.0 Å². The maximum atomic E-state index is 2.79. The van der Waals surface area contributed by atoms with E-state index in [0.29, 0.717) is 24.0 Å². The third-order valence-electron chi connectivity index (χ3n) is 6.87. The van der Waals surface area contributed by atoms with Gasteiger partial charge < -0.3 is 9.80 Å². The zero-order valence-corrected chi connectivity index (χ0v) is 20.9. The number of nitrogens with zero attached hydrogens (tertiary/aromatic N) is 2. The molecule has 2 aliphatic rings. The molecule has 30 heavy (non-hydrogen) atoms. The Morgan fingerprint density at radius 1 is 0.900 bits per heavy atom. The fourth-order valence-electron chi connectivity index (χ4n) is 6.15. The molecule has 0 fully saturated rings. The fourth-order valence-corrected chi connectivity index (χ4v) is 6.15. The minimum Gasteiger partial charge on any atom is -0.345 e. The van der Waals surface area contributed by atoms with Gasteiger partial charge in [-0.1, -0.05) is 75.6 Å². The first kappa shape index (κ1) is 22.7. The fraction of sp³-hybridized carbons (Fsp3) is 0.571. The Kier molecular flexibility index (Phi) is 6.55. The van der Waals surface area contributed by atoms with Gasteiger partial charge in [-0.2, -0.15) is 0 Å². The quantitative estimate of drug-likeness (QED) is 0.495. The second kappa shape index (κ2) is 8.65. The molecule has 1 aromatic rings. The Morgan fingerprint density at radius 2 is 1.47 bits per heavy atom. The van der Waals surface area contributed by atoms with Gasteiger partial charge in [-0.3, -0.25) is 0 Å². The van der Waals surface area contributed by atoms with Crippen molar-refractivity contribution in [3.8, 4) is 0 Å². The Morgan fingerprint density at radius 3 is 1.93 bits per heavy atom. The summed E-state index contributed by atoms with van der Waals surface area (Å²) in [6.45, 7) is 23.2. The van der Waals surface area contributed by atoms with Gasteiger partial charge in [0, 0.05) is 17.1 Å². The number of allylic oxidation sites excluding steroid dienone is 4. The molecule has 0 aromatic heterocycles. The first-order valence-electron chi connectivity index (χ1n) is 11.9. The molecule has 3 atom stereocenters. The highest BCUT2D eigenvalue weighted by Gasteiger charge is 2.45. The molecule has 1 aromatic carbocycles. The van der Waals surface area contributed by atoms with Crippen LogP contribution in [0.3, 0.4) is 0 Å². The van der Waals surface area contributed by atoms with E-state index in [1.807, 2.05) is 0 Å². The van der Waals surface area contributed by atoms with Gasteiger partial charge in [-0.15, -0.1) is 0 Å². The average Bonchev–Trinajstić information content (AvgIpc) is 2.93. The highest BCUT2D eigenvalue weighted by molar-refractivity contribution is 5.66. The molecule has 0 bridgehead atoms. The lowest BCUT2D eigenvalue weighted by Crippen LogP contribution is -2.51. The van der Waals surface area contributed by atoms with E-state index >= 15 is 0 Å². The van der Waals surface area contributed by atoms with Crippen molar-refractivity contribution in [2.75, 3.05) is 4.90 Å². The highest BCUT2D eigenvalue weighted by atomic mass is 15.4. The lowest BCUT2D eigenvalue weighted by molar-refractivity contribution is 0.156. The van der Waals surface area contributed by atoms with E-state index in [2.05, 4.69) is 103 Å². The lowest BCUT2D eigenvalue weighted by atomic mass is 9.85. The summed E-state index contributed by atoms with van der Waals surface area (Å²) in [7, 11) is 0. The topological polar surface area (TPSA) is 6.48 Å². The minimum absolute atomic E-state index is 0.345. The Hall–Kier alpha value is -1.96. The number of rotatable bonds is 5. The van der Waals surface area contributed by atoms with Crippen molar-refractivity contribution in [1.82, 2.24) is 4.90 Å². The Labute approximate surface area is 185 Å². The number of hydrogen-bond donors (Lipinski definition) is 0. The van der Waals surface area contributed by atoms with Crippen LogP contribution in [-0.2, 0) is 0 Å². The normalized spacial score (nSPS) is 24.7. The van der Waals surface area contributed by atoms with Crippen LogP contribution in [-0.4, -0.2) is 17.1 Å². The summed E-state index contributed by atoms with van der Waals surface area (Å²) in [6, 6.07) is 5.12. The zero-order valence-electron chi connectivity index (χ0n) is 20.9. The van der Waals surface area contributed by atoms with E-state index in [1.54, 1.807) is 0 Å². The van der Waals surface area contributed by atoms with Gasteiger partial charge in [-0.05, 0) is 70.4 Å². The third kappa shape index (κ3) is 3.74. The molecule has 0 spiro atoms. The van der Waals surface area contributed by atoms with Crippen LogP contribution in [0, 0.1) is 32.6 Å². The predicted molar refractivity (Wildman–Crippen MR) is 132 cm³/mol. The van der Waals surface area contributed by atoms with Crippen LogP contribution in [0.2, 0.25) is 0 Å². The van der Waals surface area contributed by atoms with Gasteiger partial charge in [0.05, 0.1) is 6.04 Å². The van der Waals surface area contributed by atoms with Crippen molar-refractivity contribution >= 4 is 5.69 Å². The molecular formula is C28H42N2. The van der Waals surface area contributed by atoms with E-state index in [9.17, 15) is 0 Å². The molecule has 1 heterocycles. The number of benzene rings is 1. The third-order valence-corrected chi connectivity index (χ3v) is 6.87. The molecule has 0 saturated carbocycles. The van der Waals surface area contributed by atoms with Gasteiger partial charge in [0.1, 0.15) is 6.17 Å². The first-order valence-corrected chi connectivity index (χ1v) is 11.9. The average molecular weight is 407 g/mol. The molecule has 1 aliphatic carbocycles. The van der Waals surface area contributed by atoms with Crippen LogP contribution in [0.25, 0.3) is 0 Å². The van der Waals surface area contributed by atoms with E-state index in [0.717, 1.165) is 12.8 Å². The summed E-state index contributed by atoms with van der Waals surface area (Å²) >= 11 is 0. The van der Waals surface area contributed by atoms with Crippen molar-refractivity contribution in [2.24, 2.45) is 11.8 Å². The number of anilines is 1. The molecule has 0 N–H and O–H groups in total. The van der Waals surface area contributed by atoms with Gasteiger partial charge in [0.15, 0.2) is 0 Å². The summed E-state index contributed by atoms with van der Waals surface area (Å²) < 4.78 is 0. The first-order chi connectivity index (χ1) is 14.1. The Bertz CT molecular complexity index is 876. The van der Waals surface area contributed by atoms with Gasteiger partial charge in [0.2, 0.25) is 0 Å². The lowest BCUT2D eigenvalue weighted by Gasteiger charge is -2.45. The summed E-state index contributed by atoms with van der Waals surface area (Å²) in [5.41, 5.74) is 11.5. The van der Waals surface area contributed by atoms with Crippen molar-refractivity contribution in [3.63, 3.8) is 0 Å². The van der Waals surface area contributed by atoms with E-state index in [-0.39, 0.29) is 0 Å². The SMILES string of the molecule is CCC1=C(CC)N(C2C(C)=CC(C)=CC2C)C(C(C)C)N1c1c(C)cc(C)cc1C. The second-order valence-electron chi connectivity index (χ2n) is 9.89. The van der Waals surface area contributed by atoms with Gasteiger partial charge >= 0.3 is 0 Å². The van der Waals surface area contributed by atoms with E-state index < -0.39 is 0 Å². The van der Waals surface area contributed by atoms with E-state index in [4.69, 9.17) is 0 Å². The van der Waals surface area contributed by atoms with Gasteiger partial charge in [-0.25, -0.2) is 0 Å². The molecule has 0 radical (unpaired) electrons. The van der Waals surface area contributed by atoms with Crippen LogP contribution in [0.15, 0.2) is 46.8 Å². The summed E-state index contributed by atoms with van der Waals surface area (Å²) in [6.07, 6.45) is 7.34. The van der Waals surface area contributed by atoms with Crippen molar-refractivity contribution in [1.29, 1.82) is 0 Å². The predicted octanol–water partition coefficient (Wildman–Crippen LogP) is 7.66. The number of hydrogen-bond acceptors (Lipinski definition) is 2. The molecule has 164 valence electrons. The largest absolute Gasteiger partial charge is 0.345 e. The summed E-state index contributed by atoms with van der Waals surface area (Å²) in [5.74, 6) is 1.03. The highest BCUT2D eigenvalue weighted by Crippen LogP contribution is 2.46. The molecular weight excluding hydrogens is 364 g/mol. The standard InChI is InChI=1S/C28H42N2/c1-11-24-25(12-2)30(27-22(9)15-19(6)16-23(27)10)28(17(3)4)29(24)26-20(7)13-18(5)14-21(26)8/h13-17,20,26,28H,11-12H2,1-10H3. The molecule has 0 saturated heterocycles. The van der Waals surface area contributed by atoms with Crippen LogP contribution >= 0.6 is 0 Å². The van der Waals surface area contributed by atoms with Crippen LogP contribution < -0.4 is 4.90 Å². The van der Waals surface area contributed by atoms with Crippen molar-refractivity contribution in [2.45, 2.75) is 94.3 Å². The molecule has 0 amide bonds. The van der Waals surface area contributed by atoms with Crippen LogP contribution in [0.5, 0.6) is 0 Å². The zero-order chi connectivity index (χ0) is 22.3. The number of aryl methyl sites for hydroxylation is 3. The summed E-state index contributed by atoms with van der Waals surface area (Å²) in [4.78, 5) is 5.50.